The number of hydrogen-bond acceptors (Lipinski definition) is 5. The van der Waals surface area contributed by atoms with Gasteiger partial charge in [-0.3, -0.25) is 14.4 Å². The Balaban J connectivity index is 1.43. The number of sulfone groups is 1. The van der Waals surface area contributed by atoms with Crippen LogP contribution in [0.2, 0.25) is 0 Å². The highest BCUT2D eigenvalue weighted by Gasteiger charge is 2.43. The maximum absolute atomic E-state index is 12.1. The van der Waals surface area contributed by atoms with Crippen LogP contribution in [0.25, 0.3) is 0 Å². The van der Waals surface area contributed by atoms with E-state index < -0.39 is 9.84 Å². The zero-order valence-corrected chi connectivity index (χ0v) is 14.3. The third-order valence-corrected chi connectivity index (χ3v) is 6.65. The molecule has 23 heavy (non-hydrogen) atoms. The second kappa shape index (κ2) is 6.24. The molecule has 0 spiro atoms. The van der Waals surface area contributed by atoms with Crippen LogP contribution in [0.15, 0.2) is 18.5 Å². The Bertz CT molecular complexity index is 652. The van der Waals surface area contributed by atoms with Gasteiger partial charge in [-0.15, -0.1) is 0 Å². The summed E-state index contributed by atoms with van der Waals surface area (Å²) in [4.78, 5) is 14.0. The van der Waals surface area contributed by atoms with Crippen LogP contribution in [0.1, 0.15) is 19.3 Å². The second-order valence-corrected chi connectivity index (χ2v) is 9.18. The molecule has 1 N–H and O–H groups in total. The van der Waals surface area contributed by atoms with Gasteiger partial charge in [-0.05, 0) is 32.4 Å². The van der Waals surface area contributed by atoms with Crippen molar-refractivity contribution >= 4 is 15.7 Å². The first-order chi connectivity index (χ1) is 10.9. The van der Waals surface area contributed by atoms with Gasteiger partial charge in [0.25, 0.3) is 0 Å². The van der Waals surface area contributed by atoms with Crippen molar-refractivity contribution in [1.82, 2.24) is 20.0 Å². The third-order valence-electron chi connectivity index (χ3n) is 4.90. The lowest BCUT2D eigenvalue weighted by molar-refractivity contribution is -0.122. The van der Waals surface area contributed by atoms with Crippen molar-refractivity contribution in [2.45, 2.75) is 31.8 Å². The maximum atomic E-state index is 12.1. The molecule has 1 amide bonds. The summed E-state index contributed by atoms with van der Waals surface area (Å²) in [6, 6.07) is 1.86. The van der Waals surface area contributed by atoms with E-state index in [1.165, 1.54) is 0 Å². The van der Waals surface area contributed by atoms with Crippen LogP contribution >= 0.6 is 0 Å². The Morgan fingerprint density at radius 2 is 2.26 bits per heavy atom. The van der Waals surface area contributed by atoms with E-state index in [0.717, 1.165) is 19.4 Å². The first-order valence-corrected chi connectivity index (χ1v) is 9.84. The molecule has 1 aromatic rings. The molecule has 7 nitrogen and oxygen atoms in total. The molecule has 2 heterocycles. The quantitative estimate of drug-likeness (QED) is 0.749. The molecule has 2 fully saturated rings. The molecule has 1 saturated heterocycles. The number of aromatic nitrogens is 2. The van der Waals surface area contributed by atoms with E-state index in [2.05, 4.69) is 10.4 Å². The highest BCUT2D eigenvalue weighted by Crippen LogP contribution is 2.46. The predicted molar refractivity (Wildman–Crippen MR) is 86.6 cm³/mol. The summed E-state index contributed by atoms with van der Waals surface area (Å²) < 4.78 is 24.9. The first kappa shape index (κ1) is 16.4. The highest BCUT2D eigenvalue weighted by molar-refractivity contribution is 7.91. The average Bonchev–Trinajstić information content (AvgIpc) is 2.88. The predicted octanol–water partition coefficient (Wildman–Crippen LogP) is -0.102. The van der Waals surface area contributed by atoms with Gasteiger partial charge < -0.3 is 5.32 Å². The maximum Gasteiger partial charge on any atom is 0.234 e. The molecule has 1 saturated carbocycles. The lowest BCUT2D eigenvalue weighted by Gasteiger charge is -2.23. The molecule has 1 aromatic heterocycles. The van der Waals surface area contributed by atoms with Gasteiger partial charge in [0, 0.05) is 36.9 Å². The average molecular weight is 340 g/mol. The smallest absolute Gasteiger partial charge is 0.234 e. The van der Waals surface area contributed by atoms with E-state index in [-0.39, 0.29) is 35.4 Å². The van der Waals surface area contributed by atoms with E-state index in [4.69, 9.17) is 0 Å². The number of nitrogens with one attached hydrogen (secondary N) is 1. The highest BCUT2D eigenvalue weighted by atomic mass is 32.2. The van der Waals surface area contributed by atoms with Gasteiger partial charge in [-0.25, -0.2) is 8.42 Å². The van der Waals surface area contributed by atoms with Crippen molar-refractivity contribution < 1.29 is 13.2 Å². The minimum absolute atomic E-state index is 0.0373. The zero-order chi connectivity index (χ0) is 16.5. The normalized spacial score (nSPS) is 24.7. The summed E-state index contributed by atoms with van der Waals surface area (Å²) >= 11 is 0. The van der Waals surface area contributed by atoms with E-state index >= 15 is 0 Å². The number of likely N-dealkylation sites (N-methyl/N-ethyl adjacent to an activating group) is 1. The largest absolute Gasteiger partial charge is 0.354 e. The topological polar surface area (TPSA) is 84.3 Å². The molecule has 1 atom stereocenters. The molecule has 3 rings (SSSR count). The lowest BCUT2D eigenvalue weighted by Crippen LogP contribution is -2.43. The van der Waals surface area contributed by atoms with Crippen molar-refractivity contribution in [3.63, 3.8) is 0 Å². The van der Waals surface area contributed by atoms with Crippen LogP contribution in [-0.4, -0.2) is 66.7 Å². The Morgan fingerprint density at radius 1 is 1.48 bits per heavy atom. The monoisotopic (exact) mass is 340 g/mol. The van der Waals surface area contributed by atoms with Gasteiger partial charge in [-0.1, -0.05) is 0 Å². The number of nitrogens with zero attached hydrogens (tertiary/aromatic N) is 3. The number of carbonyl (C=O) groups excluding carboxylic acids is 1. The fourth-order valence-electron chi connectivity index (χ4n) is 3.13. The SMILES string of the molecule is CN(CC(=O)NCC1(Cn2cccn2)CC1)C1CCS(=O)(=O)C1. The van der Waals surface area contributed by atoms with E-state index in [9.17, 15) is 13.2 Å². The lowest BCUT2D eigenvalue weighted by atomic mass is 10.1. The molecule has 8 heteroatoms. The van der Waals surface area contributed by atoms with Crippen LogP contribution < -0.4 is 5.32 Å². The fraction of sp³-hybridized carbons (Fsp3) is 0.733. The van der Waals surface area contributed by atoms with E-state index in [0.29, 0.717) is 13.0 Å². The van der Waals surface area contributed by atoms with Crippen molar-refractivity contribution in [3.05, 3.63) is 18.5 Å². The molecule has 0 radical (unpaired) electrons. The van der Waals surface area contributed by atoms with Crippen LogP contribution in [0, 0.1) is 5.41 Å². The summed E-state index contributed by atoms with van der Waals surface area (Å²) in [6.45, 7) is 1.73. The molecule has 0 aromatic carbocycles. The van der Waals surface area contributed by atoms with Crippen LogP contribution in [-0.2, 0) is 21.2 Å². The molecule has 1 aliphatic heterocycles. The number of hydrogen-bond donors (Lipinski definition) is 1. The summed E-state index contributed by atoms with van der Waals surface area (Å²) in [5.74, 6) is 0.361. The summed E-state index contributed by atoms with van der Waals surface area (Å²) in [7, 11) is -1.09. The number of amides is 1. The summed E-state index contributed by atoms with van der Waals surface area (Å²) in [5, 5.41) is 7.22. The first-order valence-electron chi connectivity index (χ1n) is 8.02. The molecule has 0 bridgehead atoms. The van der Waals surface area contributed by atoms with Gasteiger partial charge in [0.2, 0.25) is 5.91 Å². The Kier molecular flexibility index (Phi) is 4.46. The minimum Gasteiger partial charge on any atom is -0.354 e. The zero-order valence-electron chi connectivity index (χ0n) is 13.4. The van der Waals surface area contributed by atoms with E-state index in [1.54, 1.807) is 6.20 Å². The van der Waals surface area contributed by atoms with Gasteiger partial charge in [0.15, 0.2) is 9.84 Å². The van der Waals surface area contributed by atoms with Gasteiger partial charge in [-0.2, -0.15) is 5.10 Å². The third kappa shape index (κ3) is 4.32. The fourth-order valence-corrected chi connectivity index (χ4v) is 4.93. The van der Waals surface area contributed by atoms with Gasteiger partial charge in [0.1, 0.15) is 0 Å². The van der Waals surface area contributed by atoms with Gasteiger partial charge in [0.05, 0.1) is 18.1 Å². The molecule has 128 valence electrons. The summed E-state index contributed by atoms with van der Waals surface area (Å²) in [6.07, 6.45) is 6.53. The molecular formula is C15H24N4O3S. The van der Waals surface area contributed by atoms with Crippen molar-refractivity contribution in [2.75, 3.05) is 31.6 Å². The molecule has 2 aliphatic rings. The summed E-state index contributed by atoms with van der Waals surface area (Å²) in [5.41, 5.74) is 0.136. The number of rotatable bonds is 7. The van der Waals surface area contributed by atoms with E-state index in [1.807, 2.05) is 28.9 Å². The van der Waals surface area contributed by atoms with Gasteiger partial charge >= 0.3 is 0 Å². The Labute approximate surface area is 137 Å². The molecule has 1 unspecified atom stereocenters. The van der Waals surface area contributed by atoms with Crippen molar-refractivity contribution in [2.24, 2.45) is 5.41 Å². The standard InChI is InChI=1S/C15H24N4O3S/c1-18(13-3-8-23(21,22)10-13)9-14(20)16-11-15(4-5-15)12-19-7-2-6-17-19/h2,6-7,13H,3-5,8-12H2,1H3,(H,16,20). The van der Waals surface area contributed by atoms with Crippen molar-refractivity contribution in [3.8, 4) is 0 Å². The Hall–Kier alpha value is -1.41. The van der Waals surface area contributed by atoms with Crippen LogP contribution in [0.4, 0.5) is 0 Å². The Morgan fingerprint density at radius 3 is 2.83 bits per heavy atom. The minimum atomic E-state index is -2.91. The molecular weight excluding hydrogens is 316 g/mol. The molecule has 1 aliphatic carbocycles. The number of carbonyl (C=O) groups is 1. The van der Waals surface area contributed by atoms with Crippen molar-refractivity contribution in [1.29, 1.82) is 0 Å². The van der Waals surface area contributed by atoms with Crippen LogP contribution in [0.3, 0.4) is 0 Å². The second-order valence-electron chi connectivity index (χ2n) is 6.95. The van der Waals surface area contributed by atoms with Crippen LogP contribution in [0.5, 0.6) is 0 Å².